The highest BCUT2D eigenvalue weighted by Crippen LogP contribution is 2.24. The maximum Gasteiger partial charge on any atom is 0.224 e. The van der Waals surface area contributed by atoms with E-state index < -0.39 is 0 Å². The number of nitrogens with one attached hydrogen (secondary N) is 1. The summed E-state index contributed by atoms with van der Waals surface area (Å²) in [5.41, 5.74) is 1.75. The molecule has 2 aromatic heterocycles. The van der Waals surface area contributed by atoms with Gasteiger partial charge in [0.05, 0.1) is 20.6 Å². The predicted molar refractivity (Wildman–Crippen MR) is 96.5 cm³/mol. The third-order valence-corrected chi connectivity index (χ3v) is 3.88. The molecule has 0 aliphatic heterocycles. The molecule has 0 saturated heterocycles. The Morgan fingerprint density at radius 3 is 2.77 bits per heavy atom. The van der Waals surface area contributed by atoms with Crippen molar-refractivity contribution in [2.75, 3.05) is 14.2 Å². The molecule has 0 fully saturated rings. The molecule has 7 nitrogen and oxygen atoms in total. The van der Waals surface area contributed by atoms with Gasteiger partial charge in [-0.05, 0) is 29.8 Å². The summed E-state index contributed by atoms with van der Waals surface area (Å²) in [6.07, 6.45) is 5.44. The van der Waals surface area contributed by atoms with Crippen LogP contribution in [-0.4, -0.2) is 34.9 Å². The first-order chi connectivity index (χ1) is 12.7. The van der Waals surface area contributed by atoms with Crippen LogP contribution in [0.1, 0.15) is 11.1 Å². The Morgan fingerprint density at radius 2 is 2.04 bits per heavy atom. The Bertz CT molecular complexity index is 878. The quantitative estimate of drug-likeness (QED) is 0.705. The van der Waals surface area contributed by atoms with Crippen molar-refractivity contribution >= 4 is 5.91 Å². The highest BCUT2D eigenvalue weighted by Gasteiger charge is 2.10. The number of aromatic nitrogens is 3. The van der Waals surface area contributed by atoms with Crippen LogP contribution in [0.2, 0.25) is 0 Å². The highest BCUT2D eigenvalue weighted by atomic mass is 16.5. The van der Waals surface area contributed by atoms with Crippen molar-refractivity contribution in [2.24, 2.45) is 0 Å². The molecule has 0 radical (unpaired) electrons. The monoisotopic (exact) mass is 352 g/mol. The lowest BCUT2D eigenvalue weighted by Gasteiger charge is -2.11. The van der Waals surface area contributed by atoms with Crippen LogP contribution >= 0.6 is 0 Å². The van der Waals surface area contributed by atoms with Crippen LogP contribution in [0.4, 0.5) is 0 Å². The largest absolute Gasteiger partial charge is 0.497 e. The van der Waals surface area contributed by atoms with Crippen LogP contribution in [0, 0.1) is 0 Å². The number of nitrogens with zero attached hydrogens (tertiary/aromatic N) is 3. The summed E-state index contributed by atoms with van der Waals surface area (Å²) >= 11 is 0. The standard InChI is InChI=1S/C19H20N4O3/c1-25-16-5-4-15(17(12-16)26-2)11-19(24)21-13-14-6-8-20-18(10-14)23-9-3-7-22-23/h3-10,12H,11,13H2,1-2H3,(H,21,24). The minimum atomic E-state index is -0.0917. The van der Waals surface area contributed by atoms with Gasteiger partial charge in [0.2, 0.25) is 5.91 Å². The molecule has 1 N–H and O–H groups in total. The number of hydrogen-bond donors (Lipinski definition) is 1. The van der Waals surface area contributed by atoms with E-state index in [1.807, 2.05) is 36.5 Å². The van der Waals surface area contributed by atoms with Gasteiger partial charge in [0, 0.05) is 36.8 Å². The zero-order chi connectivity index (χ0) is 18.4. The smallest absolute Gasteiger partial charge is 0.224 e. The number of ether oxygens (including phenoxy) is 2. The summed E-state index contributed by atoms with van der Waals surface area (Å²) in [6.45, 7) is 0.411. The van der Waals surface area contributed by atoms with E-state index in [1.165, 1.54) is 0 Å². The molecule has 3 aromatic rings. The number of rotatable bonds is 7. The average molecular weight is 352 g/mol. The number of benzene rings is 1. The minimum Gasteiger partial charge on any atom is -0.497 e. The van der Waals surface area contributed by atoms with Crippen LogP contribution in [-0.2, 0) is 17.8 Å². The van der Waals surface area contributed by atoms with Crippen LogP contribution < -0.4 is 14.8 Å². The van der Waals surface area contributed by atoms with Gasteiger partial charge in [-0.2, -0.15) is 5.10 Å². The Kier molecular flexibility index (Phi) is 5.48. The van der Waals surface area contributed by atoms with Gasteiger partial charge >= 0.3 is 0 Å². The van der Waals surface area contributed by atoms with Gasteiger partial charge in [-0.3, -0.25) is 4.79 Å². The minimum absolute atomic E-state index is 0.0917. The maximum atomic E-state index is 12.3. The Labute approximate surface area is 151 Å². The summed E-state index contributed by atoms with van der Waals surface area (Å²) in [7, 11) is 3.16. The van der Waals surface area contributed by atoms with Gasteiger partial charge < -0.3 is 14.8 Å². The van der Waals surface area contributed by atoms with Crippen molar-refractivity contribution in [3.8, 4) is 17.3 Å². The molecule has 0 spiro atoms. The Hall–Kier alpha value is -3.35. The first-order valence-electron chi connectivity index (χ1n) is 8.12. The van der Waals surface area contributed by atoms with Crippen molar-refractivity contribution in [1.29, 1.82) is 0 Å². The van der Waals surface area contributed by atoms with E-state index in [2.05, 4.69) is 15.4 Å². The van der Waals surface area contributed by atoms with E-state index in [-0.39, 0.29) is 12.3 Å². The fourth-order valence-corrected chi connectivity index (χ4v) is 2.53. The first kappa shape index (κ1) is 17.5. The van der Waals surface area contributed by atoms with E-state index in [4.69, 9.17) is 9.47 Å². The van der Waals surface area contributed by atoms with Gasteiger partial charge in [0.1, 0.15) is 11.5 Å². The highest BCUT2D eigenvalue weighted by molar-refractivity contribution is 5.79. The van der Waals surface area contributed by atoms with Crippen LogP contribution in [0.15, 0.2) is 55.0 Å². The lowest BCUT2D eigenvalue weighted by Crippen LogP contribution is -2.24. The maximum absolute atomic E-state index is 12.3. The molecular formula is C19H20N4O3. The van der Waals surface area contributed by atoms with Crippen LogP contribution in [0.25, 0.3) is 5.82 Å². The van der Waals surface area contributed by atoms with E-state index in [1.54, 1.807) is 37.4 Å². The molecule has 2 heterocycles. The fourth-order valence-electron chi connectivity index (χ4n) is 2.53. The average Bonchev–Trinajstić information content (AvgIpc) is 3.22. The molecule has 0 bridgehead atoms. The number of amides is 1. The fraction of sp³-hybridized carbons (Fsp3) is 0.211. The molecule has 134 valence electrons. The van der Waals surface area contributed by atoms with Crippen LogP contribution in [0.5, 0.6) is 11.5 Å². The van der Waals surface area contributed by atoms with Crippen molar-refractivity contribution in [1.82, 2.24) is 20.1 Å². The van der Waals surface area contributed by atoms with Gasteiger partial charge in [-0.1, -0.05) is 6.07 Å². The van der Waals surface area contributed by atoms with Crippen molar-refractivity contribution in [2.45, 2.75) is 13.0 Å². The number of carbonyl (C=O) groups excluding carboxylic acids is 1. The molecule has 1 amide bonds. The Balaban J connectivity index is 1.62. The second kappa shape index (κ2) is 8.15. The van der Waals surface area contributed by atoms with Gasteiger partial charge in [-0.15, -0.1) is 0 Å². The molecule has 0 atom stereocenters. The number of carbonyl (C=O) groups is 1. The molecule has 0 saturated carbocycles. The molecule has 0 aliphatic rings. The van der Waals surface area contributed by atoms with Gasteiger partial charge in [0.15, 0.2) is 5.82 Å². The Morgan fingerprint density at radius 1 is 1.15 bits per heavy atom. The second-order valence-electron chi connectivity index (χ2n) is 5.60. The zero-order valence-electron chi connectivity index (χ0n) is 14.7. The van der Waals surface area contributed by atoms with Gasteiger partial charge in [0.25, 0.3) is 0 Å². The molecule has 0 unspecified atom stereocenters. The molecule has 26 heavy (non-hydrogen) atoms. The van der Waals surface area contributed by atoms with Crippen molar-refractivity contribution < 1.29 is 14.3 Å². The zero-order valence-corrected chi connectivity index (χ0v) is 14.7. The molecule has 1 aromatic carbocycles. The SMILES string of the molecule is COc1ccc(CC(=O)NCc2ccnc(-n3cccn3)c2)c(OC)c1. The first-order valence-corrected chi connectivity index (χ1v) is 8.12. The van der Waals surface area contributed by atoms with Crippen molar-refractivity contribution in [3.05, 3.63) is 66.1 Å². The number of pyridine rings is 1. The van der Waals surface area contributed by atoms with E-state index in [9.17, 15) is 4.79 Å². The topological polar surface area (TPSA) is 78.3 Å². The number of methoxy groups -OCH3 is 2. The molecule has 3 rings (SSSR count). The molecule has 7 heteroatoms. The van der Waals surface area contributed by atoms with Crippen molar-refractivity contribution in [3.63, 3.8) is 0 Å². The second-order valence-corrected chi connectivity index (χ2v) is 5.60. The summed E-state index contributed by atoms with van der Waals surface area (Å²) < 4.78 is 12.2. The summed E-state index contributed by atoms with van der Waals surface area (Å²) in [4.78, 5) is 16.6. The lowest BCUT2D eigenvalue weighted by atomic mass is 10.1. The molecule has 0 aliphatic carbocycles. The summed E-state index contributed by atoms with van der Waals surface area (Å²) in [6, 6.07) is 11.0. The lowest BCUT2D eigenvalue weighted by molar-refractivity contribution is -0.120. The third-order valence-electron chi connectivity index (χ3n) is 3.88. The van der Waals surface area contributed by atoms with Crippen LogP contribution in [0.3, 0.4) is 0 Å². The van der Waals surface area contributed by atoms with Gasteiger partial charge in [-0.25, -0.2) is 9.67 Å². The van der Waals surface area contributed by atoms with E-state index >= 15 is 0 Å². The third kappa shape index (κ3) is 4.18. The predicted octanol–water partition coefficient (Wildman–Crippen LogP) is 2.14. The van der Waals surface area contributed by atoms with E-state index in [0.29, 0.717) is 23.9 Å². The summed E-state index contributed by atoms with van der Waals surface area (Å²) in [5, 5.41) is 7.07. The normalized spacial score (nSPS) is 10.4. The van der Waals surface area contributed by atoms with E-state index in [0.717, 1.165) is 11.1 Å². The number of hydrogen-bond acceptors (Lipinski definition) is 5. The molecular weight excluding hydrogens is 332 g/mol. The summed E-state index contributed by atoms with van der Waals surface area (Å²) in [5.74, 6) is 1.93.